The quantitative estimate of drug-likeness (QED) is 0.854. The van der Waals surface area contributed by atoms with Crippen LogP contribution in [0.15, 0.2) is 12.1 Å². The molecule has 0 aromatic carbocycles. The number of primary amides is 1. The Labute approximate surface area is 108 Å². The average molecular weight is 276 g/mol. The van der Waals surface area contributed by atoms with Gasteiger partial charge in [0.1, 0.15) is 11.6 Å². The zero-order valence-electron chi connectivity index (χ0n) is 10.6. The van der Waals surface area contributed by atoms with E-state index in [1.165, 1.54) is 11.9 Å². The molecule has 1 rings (SSSR count). The van der Waals surface area contributed by atoms with Crippen molar-refractivity contribution in [2.24, 2.45) is 5.73 Å². The van der Waals surface area contributed by atoms with Crippen LogP contribution in [0.1, 0.15) is 12.5 Å². The molecule has 1 amide bonds. The van der Waals surface area contributed by atoms with E-state index in [0.717, 1.165) is 12.1 Å². The SMILES string of the molecule is CCN(CC(N)=O)c1cc(C(F)(F)F)cc(NC)n1. The van der Waals surface area contributed by atoms with E-state index < -0.39 is 17.6 Å². The maximum Gasteiger partial charge on any atom is 0.416 e. The molecule has 0 saturated carbocycles. The maximum atomic E-state index is 12.7. The summed E-state index contributed by atoms with van der Waals surface area (Å²) in [5.74, 6) is -0.500. The number of nitrogens with two attached hydrogens (primary N) is 1. The Bertz CT molecular complexity index is 462. The molecule has 8 heteroatoms. The van der Waals surface area contributed by atoms with Crippen LogP contribution in [0, 0.1) is 0 Å². The van der Waals surface area contributed by atoms with Gasteiger partial charge in [-0.2, -0.15) is 13.2 Å². The first-order valence-corrected chi connectivity index (χ1v) is 5.58. The highest BCUT2D eigenvalue weighted by atomic mass is 19.4. The number of anilines is 2. The van der Waals surface area contributed by atoms with Crippen LogP contribution in [-0.4, -0.2) is 31.0 Å². The third kappa shape index (κ3) is 4.01. The van der Waals surface area contributed by atoms with Crippen molar-refractivity contribution in [1.82, 2.24) is 4.98 Å². The lowest BCUT2D eigenvalue weighted by molar-refractivity contribution is -0.137. The van der Waals surface area contributed by atoms with Crippen molar-refractivity contribution in [3.8, 4) is 0 Å². The number of nitrogens with zero attached hydrogens (tertiary/aromatic N) is 2. The summed E-state index contributed by atoms with van der Waals surface area (Å²) in [7, 11) is 1.47. The number of nitrogens with one attached hydrogen (secondary N) is 1. The van der Waals surface area contributed by atoms with Crippen LogP contribution >= 0.6 is 0 Å². The Hall–Kier alpha value is -1.99. The van der Waals surface area contributed by atoms with Crippen molar-refractivity contribution in [3.05, 3.63) is 17.7 Å². The number of carbonyl (C=O) groups excluding carboxylic acids is 1. The summed E-state index contributed by atoms with van der Waals surface area (Å²) in [6.45, 7) is 1.83. The molecule has 0 fully saturated rings. The molecule has 3 N–H and O–H groups in total. The third-order valence-electron chi connectivity index (χ3n) is 2.45. The van der Waals surface area contributed by atoms with Crippen LogP contribution in [0.5, 0.6) is 0 Å². The van der Waals surface area contributed by atoms with Crippen LogP contribution in [0.2, 0.25) is 0 Å². The first-order valence-electron chi connectivity index (χ1n) is 5.58. The molecule has 0 saturated heterocycles. The molecule has 0 aliphatic carbocycles. The van der Waals surface area contributed by atoms with Gasteiger partial charge >= 0.3 is 6.18 Å². The highest BCUT2D eigenvalue weighted by Gasteiger charge is 2.32. The topological polar surface area (TPSA) is 71.2 Å². The van der Waals surface area contributed by atoms with Crippen LogP contribution in [-0.2, 0) is 11.0 Å². The van der Waals surface area contributed by atoms with Gasteiger partial charge in [0.15, 0.2) is 0 Å². The van der Waals surface area contributed by atoms with Crippen molar-refractivity contribution in [2.45, 2.75) is 13.1 Å². The number of alkyl halides is 3. The van der Waals surface area contributed by atoms with Crippen LogP contribution in [0.25, 0.3) is 0 Å². The van der Waals surface area contributed by atoms with Crippen molar-refractivity contribution < 1.29 is 18.0 Å². The van der Waals surface area contributed by atoms with E-state index in [2.05, 4.69) is 10.3 Å². The summed E-state index contributed by atoms with van der Waals surface area (Å²) in [6, 6.07) is 1.80. The number of amides is 1. The maximum absolute atomic E-state index is 12.7. The molecule has 0 unspecified atom stereocenters. The fourth-order valence-corrected chi connectivity index (χ4v) is 1.51. The van der Waals surface area contributed by atoms with E-state index >= 15 is 0 Å². The molecule has 0 spiro atoms. The fourth-order valence-electron chi connectivity index (χ4n) is 1.51. The minimum absolute atomic E-state index is 0.0560. The lowest BCUT2D eigenvalue weighted by Gasteiger charge is -2.22. The van der Waals surface area contributed by atoms with E-state index in [-0.39, 0.29) is 18.2 Å². The standard InChI is InChI=1S/C11H15F3N4O/c1-3-18(6-8(15)19)10-5-7(11(12,13)14)4-9(16-2)17-10/h4-5H,3,6H2,1-2H3,(H2,15,19)(H,16,17). The molecular weight excluding hydrogens is 261 g/mol. The van der Waals surface area contributed by atoms with Gasteiger partial charge < -0.3 is 16.0 Å². The first-order chi connectivity index (χ1) is 8.77. The van der Waals surface area contributed by atoms with Crippen molar-refractivity contribution in [2.75, 3.05) is 30.4 Å². The number of hydrogen-bond acceptors (Lipinski definition) is 4. The predicted octanol–water partition coefficient (Wildman–Crippen LogP) is 1.45. The van der Waals surface area contributed by atoms with Gasteiger partial charge in [0, 0.05) is 13.6 Å². The summed E-state index contributed by atoms with van der Waals surface area (Å²) in [5, 5.41) is 2.56. The molecule has 1 aromatic heterocycles. The molecule has 0 radical (unpaired) electrons. The highest BCUT2D eigenvalue weighted by Crippen LogP contribution is 2.32. The summed E-state index contributed by atoms with van der Waals surface area (Å²) >= 11 is 0. The first kappa shape index (κ1) is 15.1. The van der Waals surface area contributed by atoms with Gasteiger partial charge in [-0.25, -0.2) is 4.98 Å². The monoisotopic (exact) mass is 276 g/mol. The van der Waals surface area contributed by atoms with Gasteiger partial charge in [-0.1, -0.05) is 0 Å². The summed E-state index contributed by atoms with van der Waals surface area (Å²) in [6.07, 6.45) is -4.48. The number of aromatic nitrogens is 1. The Morgan fingerprint density at radius 1 is 1.47 bits per heavy atom. The van der Waals surface area contributed by atoms with Crippen molar-refractivity contribution in [1.29, 1.82) is 0 Å². The van der Waals surface area contributed by atoms with E-state index in [9.17, 15) is 18.0 Å². The Morgan fingerprint density at radius 2 is 2.11 bits per heavy atom. The normalized spacial score (nSPS) is 11.2. The predicted molar refractivity (Wildman–Crippen MR) is 65.9 cm³/mol. The lowest BCUT2D eigenvalue weighted by Crippen LogP contribution is -2.34. The second kappa shape index (κ2) is 5.77. The van der Waals surface area contributed by atoms with E-state index in [1.54, 1.807) is 6.92 Å². The van der Waals surface area contributed by atoms with E-state index in [1.807, 2.05) is 0 Å². The number of carbonyl (C=O) groups is 1. The van der Waals surface area contributed by atoms with Gasteiger partial charge in [-0.3, -0.25) is 4.79 Å². The van der Waals surface area contributed by atoms with E-state index in [0.29, 0.717) is 6.54 Å². The summed E-state index contributed by atoms with van der Waals surface area (Å²) < 4.78 is 38.2. The number of rotatable bonds is 5. The minimum atomic E-state index is -4.48. The van der Waals surface area contributed by atoms with Crippen molar-refractivity contribution >= 4 is 17.5 Å². The molecule has 1 aromatic rings. The highest BCUT2D eigenvalue weighted by molar-refractivity contribution is 5.79. The average Bonchev–Trinajstić information content (AvgIpc) is 2.34. The summed E-state index contributed by atoms with van der Waals surface area (Å²) in [5.41, 5.74) is 4.23. The largest absolute Gasteiger partial charge is 0.416 e. The minimum Gasteiger partial charge on any atom is -0.373 e. The summed E-state index contributed by atoms with van der Waals surface area (Å²) in [4.78, 5) is 16.3. The molecule has 106 valence electrons. The molecule has 5 nitrogen and oxygen atoms in total. The lowest BCUT2D eigenvalue weighted by atomic mass is 10.2. The smallest absolute Gasteiger partial charge is 0.373 e. The van der Waals surface area contributed by atoms with Gasteiger partial charge in [0.05, 0.1) is 12.1 Å². The number of pyridine rings is 1. The second-order valence-electron chi connectivity index (χ2n) is 3.83. The third-order valence-corrected chi connectivity index (χ3v) is 2.45. The van der Waals surface area contributed by atoms with Crippen molar-refractivity contribution in [3.63, 3.8) is 0 Å². The van der Waals surface area contributed by atoms with Crippen LogP contribution in [0.4, 0.5) is 24.8 Å². The Balaban J connectivity index is 3.22. The molecule has 1 heterocycles. The second-order valence-corrected chi connectivity index (χ2v) is 3.83. The Kier molecular flexibility index (Phi) is 4.57. The zero-order valence-corrected chi connectivity index (χ0v) is 10.6. The molecule has 19 heavy (non-hydrogen) atoms. The Morgan fingerprint density at radius 3 is 2.53 bits per heavy atom. The van der Waals surface area contributed by atoms with Gasteiger partial charge in [-0.05, 0) is 19.1 Å². The van der Waals surface area contributed by atoms with Crippen LogP contribution < -0.4 is 16.0 Å². The van der Waals surface area contributed by atoms with Gasteiger partial charge in [-0.15, -0.1) is 0 Å². The zero-order chi connectivity index (χ0) is 14.6. The molecule has 0 aliphatic rings. The van der Waals surface area contributed by atoms with Gasteiger partial charge in [0.2, 0.25) is 5.91 Å². The number of halogens is 3. The number of likely N-dealkylation sites (N-methyl/N-ethyl adjacent to an activating group) is 1. The van der Waals surface area contributed by atoms with Gasteiger partial charge in [0.25, 0.3) is 0 Å². The number of hydrogen-bond donors (Lipinski definition) is 2. The molecule has 0 aliphatic heterocycles. The fraction of sp³-hybridized carbons (Fsp3) is 0.455. The molecule has 0 bridgehead atoms. The molecule has 0 atom stereocenters. The van der Waals surface area contributed by atoms with E-state index in [4.69, 9.17) is 5.73 Å². The molecular formula is C11H15F3N4O. The van der Waals surface area contributed by atoms with Crippen LogP contribution in [0.3, 0.4) is 0 Å².